The third-order valence-corrected chi connectivity index (χ3v) is 6.36. The van der Waals surface area contributed by atoms with Crippen molar-refractivity contribution in [1.29, 1.82) is 0 Å². The topological polar surface area (TPSA) is 12.1 Å². The van der Waals surface area contributed by atoms with Gasteiger partial charge in [-0.25, -0.2) is 9.13 Å². The molecule has 134 valence electrons. The van der Waals surface area contributed by atoms with Gasteiger partial charge in [0.1, 0.15) is 0 Å². The molecule has 1 aromatic heterocycles. The van der Waals surface area contributed by atoms with Crippen molar-refractivity contribution < 1.29 is 28.5 Å². The summed E-state index contributed by atoms with van der Waals surface area (Å²) in [5, 5.41) is 2.25. The Balaban J connectivity index is 0.00000182. The van der Waals surface area contributed by atoms with Crippen LogP contribution in [0.4, 0.5) is 0 Å². The highest BCUT2D eigenvalue weighted by atomic mass is 127. The van der Waals surface area contributed by atoms with Crippen molar-refractivity contribution >= 4 is 40.0 Å². The van der Waals surface area contributed by atoms with Gasteiger partial charge in [-0.3, -0.25) is 0 Å². The first-order valence-electron chi connectivity index (χ1n) is 8.74. The number of hydrogen-bond acceptors (Lipinski definition) is 2. The van der Waals surface area contributed by atoms with Crippen LogP contribution in [-0.4, -0.2) is 28.3 Å². The van der Waals surface area contributed by atoms with E-state index in [1.165, 1.54) is 39.8 Å². The monoisotopic (exact) mass is 487 g/mol. The van der Waals surface area contributed by atoms with E-state index >= 15 is 0 Å². The number of halogens is 2. The van der Waals surface area contributed by atoms with Crippen molar-refractivity contribution in [3.63, 3.8) is 0 Å². The number of aromatic nitrogens is 2. The summed E-state index contributed by atoms with van der Waals surface area (Å²) in [6, 6.07) is 6.22. The third kappa shape index (κ3) is 3.23. The highest BCUT2D eigenvalue weighted by Crippen LogP contribution is 2.34. The van der Waals surface area contributed by atoms with Crippen LogP contribution < -0.4 is 28.5 Å². The fourth-order valence-electron chi connectivity index (χ4n) is 3.84. The van der Waals surface area contributed by atoms with Crippen molar-refractivity contribution in [2.45, 2.75) is 33.4 Å². The van der Waals surface area contributed by atoms with E-state index in [-0.39, 0.29) is 24.0 Å². The molecule has 0 aliphatic carbocycles. The number of rotatable bonds is 3. The molecule has 6 heteroatoms. The van der Waals surface area contributed by atoms with Gasteiger partial charge in [-0.15, -0.1) is 11.8 Å². The van der Waals surface area contributed by atoms with Crippen LogP contribution in [0.1, 0.15) is 26.1 Å². The number of hydrogen-bond donors (Lipinski definition) is 0. The first-order chi connectivity index (χ1) is 11.7. The summed E-state index contributed by atoms with van der Waals surface area (Å²) >= 11 is 8.47. The van der Waals surface area contributed by atoms with Gasteiger partial charge in [0.15, 0.2) is 11.0 Å². The van der Waals surface area contributed by atoms with E-state index in [1.807, 2.05) is 23.9 Å². The molecule has 2 aromatic rings. The number of para-hydroxylation sites is 1. The molecular weight excluding hydrogens is 465 g/mol. The Kier molecular flexibility index (Phi) is 6.06. The smallest absolute Gasteiger partial charge is 0.285 e. The Labute approximate surface area is 175 Å². The highest BCUT2D eigenvalue weighted by Gasteiger charge is 2.33. The Morgan fingerprint density at radius 3 is 2.84 bits per heavy atom. The average Bonchev–Trinajstić information content (AvgIpc) is 3.27. The van der Waals surface area contributed by atoms with Crippen molar-refractivity contribution in [3.8, 4) is 0 Å². The summed E-state index contributed by atoms with van der Waals surface area (Å²) < 4.78 is 4.79. The zero-order chi connectivity index (χ0) is 16.7. The maximum Gasteiger partial charge on any atom is 0.285 e. The van der Waals surface area contributed by atoms with E-state index in [9.17, 15) is 0 Å². The standard InChI is InChI=1S/C19H23ClN3S.HI/c1-3-21-12-13-24-17(21)9-8-14-10-11-23-18-15(20)6-5-7-16(18)22(4-2)19(14)23;/h5-9H,3-4,10-13H2,1-2H3;1H/q+1;/p-1. The average molecular weight is 488 g/mol. The molecule has 1 saturated heterocycles. The third-order valence-electron chi connectivity index (χ3n) is 4.98. The summed E-state index contributed by atoms with van der Waals surface area (Å²) in [6.45, 7) is 8.67. The number of allylic oxidation sites excluding steroid dienone is 3. The summed E-state index contributed by atoms with van der Waals surface area (Å²) in [7, 11) is 0. The van der Waals surface area contributed by atoms with Gasteiger partial charge in [-0.1, -0.05) is 17.7 Å². The Morgan fingerprint density at radius 2 is 2.08 bits per heavy atom. The summed E-state index contributed by atoms with van der Waals surface area (Å²) in [5.41, 5.74) is 3.83. The summed E-state index contributed by atoms with van der Waals surface area (Å²) in [5.74, 6) is 2.52. The number of nitrogens with zero attached hydrogens (tertiary/aromatic N) is 3. The lowest BCUT2D eigenvalue weighted by Crippen LogP contribution is -3.00. The maximum absolute atomic E-state index is 6.50. The fourth-order valence-corrected chi connectivity index (χ4v) is 5.20. The highest BCUT2D eigenvalue weighted by molar-refractivity contribution is 8.03. The summed E-state index contributed by atoms with van der Waals surface area (Å²) in [6.07, 6.45) is 5.72. The van der Waals surface area contributed by atoms with Crippen molar-refractivity contribution in [2.24, 2.45) is 0 Å². The normalized spacial score (nSPS) is 19.9. The van der Waals surface area contributed by atoms with E-state index in [4.69, 9.17) is 11.6 Å². The van der Waals surface area contributed by atoms with Gasteiger partial charge < -0.3 is 28.9 Å². The minimum Gasteiger partial charge on any atom is -1.00 e. The number of fused-ring (bicyclic) bond motifs is 3. The van der Waals surface area contributed by atoms with Crippen LogP contribution in [0.5, 0.6) is 0 Å². The maximum atomic E-state index is 6.50. The predicted molar refractivity (Wildman–Crippen MR) is 103 cm³/mol. The first kappa shape index (κ1) is 19.1. The number of imidazole rings is 1. The lowest BCUT2D eigenvalue weighted by atomic mass is 10.2. The Hall–Kier alpha value is -0.660. The second-order valence-electron chi connectivity index (χ2n) is 6.20. The molecule has 0 spiro atoms. The van der Waals surface area contributed by atoms with Crippen LogP contribution in [0, 0.1) is 0 Å². The van der Waals surface area contributed by atoms with Crippen LogP contribution in [0.2, 0.25) is 5.02 Å². The second-order valence-corrected chi connectivity index (χ2v) is 7.72. The molecule has 0 amide bonds. The van der Waals surface area contributed by atoms with E-state index in [2.05, 4.69) is 46.1 Å². The Morgan fingerprint density at radius 1 is 1.24 bits per heavy atom. The molecule has 0 unspecified atom stereocenters. The van der Waals surface area contributed by atoms with Gasteiger partial charge in [0, 0.05) is 30.8 Å². The molecule has 0 N–H and O–H groups in total. The minimum absolute atomic E-state index is 0. The van der Waals surface area contributed by atoms with Crippen LogP contribution in [0.25, 0.3) is 16.6 Å². The minimum atomic E-state index is 0. The Bertz CT molecular complexity index is 856. The molecule has 1 fully saturated rings. The largest absolute Gasteiger partial charge is 1.00 e. The molecule has 3 nitrogen and oxygen atoms in total. The van der Waals surface area contributed by atoms with E-state index in [0.717, 1.165) is 31.1 Å². The van der Waals surface area contributed by atoms with E-state index in [1.54, 1.807) is 0 Å². The van der Waals surface area contributed by atoms with Gasteiger partial charge in [-0.05, 0) is 38.1 Å². The van der Waals surface area contributed by atoms with E-state index in [0.29, 0.717) is 0 Å². The van der Waals surface area contributed by atoms with Crippen LogP contribution >= 0.6 is 23.4 Å². The molecular formula is C19H23ClIN3S. The zero-order valence-electron chi connectivity index (χ0n) is 14.6. The molecule has 0 radical (unpaired) electrons. The molecule has 3 heterocycles. The number of benzene rings is 1. The zero-order valence-corrected chi connectivity index (χ0v) is 18.4. The molecule has 25 heavy (non-hydrogen) atoms. The van der Waals surface area contributed by atoms with Gasteiger partial charge in [0.25, 0.3) is 5.82 Å². The molecule has 0 bridgehead atoms. The molecule has 2 aliphatic heterocycles. The van der Waals surface area contributed by atoms with Gasteiger partial charge >= 0.3 is 0 Å². The van der Waals surface area contributed by atoms with Crippen LogP contribution in [-0.2, 0) is 13.1 Å². The molecule has 0 atom stereocenters. The molecule has 4 rings (SSSR count). The molecule has 0 saturated carbocycles. The quantitative estimate of drug-likeness (QED) is 0.478. The lowest BCUT2D eigenvalue weighted by molar-refractivity contribution is -0.670. The summed E-state index contributed by atoms with van der Waals surface area (Å²) in [4.78, 5) is 2.46. The van der Waals surface area contributed by atoms with Crippen LogP contribution in [0.3, 0.4) is 0 Å². The fraction of sp³-hybridized carbons (Fsp3) is 0.421. The predicted octanol–water partition coefficient (Wildman–Crippen LogP) is 1.30. The number of thioether (sulfide) groups is 1. The van der Waals surface area contributed by atoms with Crippen molar-refractivity contribution in [2.75, 3.05) is 18.8 Å². The van der Waals surface area contributed by atoms with Crippen molar-refractivity contribution in [3.05, 3.63) is 46.2 Å². The SMILES string of the molecule is CCN1CCSC1=CC=C1CCn2c1[n+](CC)c1cccc(Cl)c12.[I-]. The van der Waals surface area contributed by atoms with Crippen molar-refractivity contribution in [1.82, 2.24) is 9.47 Å². The molecule has 1 aromatic carbocycles. The first-order valence-corrected chi connectivity index (χ1v) is 10.1. The number of aryl methyl sites for hydroxylation is 2. The van der Waals surface area contributed by atoms with Gasteiger partial charge in [-0.2, -0.15) is 0 Å². The lowest BCUT2D eigenvalue weighted by Gasteiger charge is -2.15. The van der Waals surface area contributed by atoms with E-state index < -0.39 is 0 Å². The molecule has 2 aliphatic rings. The van der Waals surface area contributed by atoms with Crippen LogP contribution in [0.15, 0.2) is 35.4 Å². The second kappa shape index (κ2) is 7.92. The van der Waals surface area contributed by atoms with Gasteiger partial charge in [0.05, 0.1) is 23.1 Å². The van der Waals surface area contributed by atoms with Gasteiger partial charge in [0.2, 0.25) is 0 Å².